The van der Waals surface area contributed by atoms with Gasteiger partial charge in [-0.15, -0.1) is 0 Å². The van der Waals surface area contributed by atoms with Crippen LogP contribution in [-0.2, 0) is 25.1 Å². The highest BCUT2D eigenvalue weighted by Gasteiger charge is 2.30. The first kappa shape index (κ1) is 16.4. The van der Waals surface area contributed by atoms with Crippen molar-refractivity contribution in [1.29, 1.82) is 0 Å². The van der Waals surface area contributed by atoms with E-state index >= 15 is 0 Å². The van der Waals surface area contributed by atoms with Gasteiger partial charge in [-0.25, -0.2) is 13.4 Å². The van der Waals surface area contributed by atoms with Crippen LogP contribution in [0.25, 0.3) is 0 Å². The minimum Gasteiger partial charge on any atom is -0.369 e. The van der Waals surface area contributed by atoms with Crippen LogP contribution in [0.3, 0.4) is 0 Å². The Hall–Kier alpha value is -0.990. The molecule has 0 N–H and O–H groups in total. The zero-order valence-corrected chi connectivity index (χ0v) is 14.3. The number of aromatic nitrogens is 1. The van der Waals surface area contributed by atoms with E-state index in [9.17, 15) is 13.2 Å². The molecule has 1 aromatic heterocycles. The fourth-order valence-corrected chi connectivity index (χ4v) is 3.54. The summed E-state index contributed by atoms with van der Waals surface area (Å²) in [4.78, 5) is 18.0. The van der Waals surface area contributed by atoms with E-state index in [1.165, 1.54) is 6.26 Å². The number of anilines is 1. The normalized spacial score (nSPS) is 19.9. The van der Waals surface area contributed by atoms with E-state index in [-0.39, 0.29) is 24.3 Å². The van der Waals surface area contributed by atoms with Crippen LogP contribution < -0.4 is 4.90 Å². The highest BCUT2D eigenvalue weighted by Crippen LogP contribution is 2.24. The standard InChI is InChI=1S/C13H17BrN2O4S/c1-3-10-6-20-7-13(17)16(10)12-5-9(4-11(14)15-12)8-21(2,18)19/h4-5,10H,3,6-8H2,1-2H3/t10-/m0/s1. The molecule has 0 unspecified atom stereocenters. The Kier molecular flexibility index (Phi) is 5.00. The Balaban J connectivity index is 2.40. The van der Waals surface area contributed by atoms with E-state index in [2.05, 4.69) is 20.9 Å². The summed E-state index contributed by atoms with van der Waals surface area (Å²) in [6, 6.07) is 3.22. The number of hydrogen-bond donors (Lipinski definition) is 0. The quantitative estimate of drug-likeness (QED) is 0.744. The average Bonchev–Trinajstić information content (AvgIpc) is 2.35. The van der Waals surface area contributed by atoms with Crippen molar-refractivity contribution < 1.29 is 17.9 Å². The van der Waals surface area contributed by atoms with E-state index in [0.717, 1.165) is 6.42 Å². The molecule has 0 aliphatic carbocycles. The van der Waals surface area contributed by atoms with Gasteiger partial charge in [0.05, 0.1) is 18.4 Å². The summed E-state index contributed by atoms with van der Waals surface area (Å²) in [7, 11) is -3.15. The molecule has 1 atom stereocenters. The number of pyridine rings is 1. The summed E-state index contributed by atoms with van der Waals surface area (Å²) in [5, 5.41) is 0. The molecule has 1 aliphatic heterocycles. The lowest BCUT2D eigenvalue weighted by atomic mass is 10.1. The van der Waals surface area contributed by atoms with Gasteiger partial charge in [-0.2, -0.15) is 0 Å². The lowest BCUT2D eigenvalue weighted by Crippen LogP contribution is -2.49. The molecule has 116 valence electrons. The van der Waals surface area contributed by atoms with Gasteiger partial charge in [0.25, 0.3) is 5.91 Å². The van der Waals surface area contributed by atoms with E-state index in [0.29, 0.717) is 22.6 Å². The predicted molar refractivity (Wildman–Crippen MR) is 82.9 cm³/mol. The van der Waals surface area contributed by atoms with Gasteiger partial charge < -0.3 is 4.74 Å². The molecule has 0 radical (unpaired) electrons. The van der Waals surface area contributed by atoms with Gasteiger partial charge in [0.1, 0.15) is 17.0 Å². The summed E-state index contributed by atoms with van der Waals surface area (Å²) in [6.45, 7) is 2.44. The molecule has 1 aromatic rings. The van der Waals surface area contributed by atoms with Crippen molar-refractivity contribution >= 4 is 37.5 Å². The average molecular weight is 377 g/mol. The molecule has 0 spiro atoms. The van der Waals surface area contributed by atoms with E-state index in [1.54, 1.807) is 17.0 Å². The number of carbonyl (C=O) groups is 1. The van der Waals surface area contributed by atoms with Crippen LogP contribution in [-0.4, -0.2) is 44.8 Å². The van der Waals surface area contributed by atoms with Crippen molar-refractivity contribution in [1.82, 2.24) is 4.98 Å². The molecule has 1 aliphatic rings. The third kappa shape index (κ3) is 4.24. The maximum atomic E-state index is 12.1. The number of halogens is 1. The first-order valence-corrected chi connectivity index (χ1v) is 9.39. The van der Waals surface area contributed by atoms with Crippen molar-refractivity contribution in [3.05, 3.63) is 22.3 Å². The number of rotatable bonds is 4. The Morgan fingerprint density at radius 2 is 2.19 bits per heavy atom. The summed E-state index contributed by atoms with van der Waals surface area (Å²) >= 11 is 3.27. The number of morpholine rings is 1. The molecule has 1 amide bonds. The molecule has 6 nitrogen and oxygen atoms in total. The molecular formula is C13H17BrN2O4S. The topological polar surface area (TPSA) is 76.6 Å². The Morgan fingerprint density at radius 1 is 1.48 bits per heavy atom. The first-order chi connectivity index (χ1) is 9.80. The van der Waals surface area contributed by atoms with Crippen LogP contribution in [0.4, 0.5) is 5.82 Å². The molecule has 0 aromatic carbocycles. The highest BCUT2D eigenvalue weighted by atomic mass is 79.9. The zero-order valence-electron chi connectivity index (χ0n) is 11.9. The minimum atomic E-state index is -3.15. The number of carbonyl (C=O) groups excluding carboxylic acids is 1. The number of hydrogen-bond acceptors (Lipinski definition) is 5. The first-order valence-electron chi connectivity index (χ1n) is 6.54. The molecule has 21 heavy (non-hydrogen) atoms. The number of ether oxygens (including phenoxy) is 1. The van der Waals surface area contributed by atoms with E-state index in [1.807, 2.05) is 6.92 Å². The maximum absolute atomic E-state index is 12.1. The third-order valence-corrected chi connectivity index (χ3v) is 4.42. The van der Waals surface area contributed by atoms with Crippen LogP contribution in [0, 0.1) is 0 Å². The Bertz CT molecular complexity index is 648. The van der Waals surface area contributed by atoms with Gasteiger partial charge in [0.15, 0.2) is 9.84 Å². The zero-order chi connectivity index (χ0) is 15.6. The van der Waals surface area contributed by atoms with Crippen molar-refractivity contribution in [2.45, 2.75) is 25.1 Å². The second-order valence-corrected chi connectivity index (χ2v) is 8.02. The molecular weight excluding hydrogens is 360 g/mol. The van der Waals surface area contributed by atoms with E-state index < -0.39 is 9.84 Å². The summed E-state index contributed by atoms with van der Waals surface area (Å²) in [5.41, 5.74) is 0.600. The molecule has 1 saturated heterocycles. The Labute approximate surface area is 132 Å². The lowest BCUT2D eigenvalue weighted by Gasteiger charge is -2.34. The van der Waals surface area contributed by atoms with Gasteiger partial charge in [-0.1, -0.05) is 6.92 Å². The van der Waals surface area contributed by atoms with E-state index in [4.69, 9.17) is 4.74 Å². The minimum absolute atomic E-state index is 0.0199. The van der Waals surface area contributed by atoms with Crippen molar-refractivity contribution in [3.8, 4) is 0 Å². The van der Waals surface area contributed by atoms with Crippen molar-refractivity contribution in [2.75, 3.05) is 24.4 Å². The Morgan fingerprint density at radius 3 is 2.81 bits per heavy atom. The summed E-state index contributed by atoms with van der Waals surface area (Å²) in [5.74, 6) is 0.211. The van der Waals surface area contributed by atoms with Gasteiger partial charge in [0, 0.05) is 6.26 Å². The highest BCUT2D eigenvalue weighted by molar-refractivity contribution is 9.10. The van der Waals surface area contributed by atoms with Crippen LogP contribution in [0.5, 0.6) is 0 Å². The van der Waals surface area contributed by atoms with Crippen LogP contribution in [0.1, 0.15) is 18.9 Å². The smallest absolute Gasteiger partial charge is 0.254 e. The predicted octanol–water partition coefficient (Wildman–Crippen LogP) is 1.53. The molecule has 2 rings (SSSR count). The second-order valence-electron chi connectivity index (χ2n) is 5.07. The fourth-order valence-electron chi connectivity index (χ4n) is 2.29. The van der Waals surface area contributed by atoms with Crippen molar-refractivity contribution in [2.24, 2.45) is 0 Å². The summed E-state index contributed by atoms with van der Waals surface area (Å²) in [6.07, 6.45) is 1.91. The molecule has 0 saturated carbocycles. The van der Waals surface area contributed by atoms with Crippen LogP contribution in [0.2, 0.25) is 0 Å². The molecule has 0 bridgehead atoms. The largest absolute Gasteiger partial charge is 0.369 e. The van der Waals surface area contributed by atoms with Crippen LogP contribution in [0.15, 0.2) is 16.7 Å². The monoisotopic (exact) mass is 376 g/mol. The third-order valence-electron chi connectivity index (χ3n) is 3.16. The number of nitrogens with zero attached hydrogens (tertiary/aromatic N) is 2. The maximum Gasteiger partial charge on any atom is 0.254 e. The molecule has 2 heterocycles. The van der Waals surface area contributed by atoms with Gasteiger partial charge in [-0.3, -0.25) is 9.69 Å². The lowest BCUT2D eigenvalue weighted by molar-refractivity contribution is -0.127. The molecule has 8 heteroatoms. The molecule has 1 fully saturated rings. The van der Waals surface area contributed by atoms with Gasteiger partial charge >= 0.3 is 0 Å². The van der Waals surface area contributed by atoms with Crippen molar-refractivity contribution in [3.63, 3.8) is 0 Å². The fraction of sp³-hybridized carbons (Fsp3) is 0.538. The number of amides is 1. The summed E-state index contributed by atoms with van der Waals surface area (Å²) < 4.78 is 28.7. The SMILES string of the molecule is CC[C@H]1COCC(=O)N1c1cc(CS(C)(=O)=O)cc(Br)n1. The van der Waals surface area contributed by atoms with Gasteiger partial charge in [-0.05, 0) is 40.0 Å². The van der Waals surface area contributed by atoms with Gasteiger partial charge in [0.2, 0.25) is 0 Å². The number of sulfone groups is 1. The van der Waals surface area contributed by atoms with Crippen LogP contribution >= 0.6 is 15.9 Å². The second kappa shape index (κ2) is 6.41.